The van der Waals surface area contributed by atoms with E-state index >= 15 is 0 Å². The minimum Gasteiger partial charge on any atom is -0.448 e. The highest BCUT2D eigenvalue weighted by Crippen LogP contribution is 2.50. The molecular formula is C26H31N3O8S3. The van der Waals surface area contributed by atoms with Crippen LogP contribution in [0.1, 0.15) is 63.7 Å². The Morgan fingerprint density at radius 2 is 1.98 bits per heavy atom. The lowest BCUT2D eigenvalue weighted by Crippen LogP contribution is -2.55. The van der Waals surface area contributed by atoms with Crippen LogP contribution < -0.4 is 10.6 Å². The van der Waals surface area contributed by atoms with Gasteiger partial charge in [-0.3, -0.25) is 24.0 Å². The molecule has 40 heavy (non-hydrogen) atoms. The van der Waals surface area contributed by atoms with Crippen LogP contribution in [0, 0.1) is 0 Å². The molecule has 5 atom stereocenters. The van der Waals surface area contributed by atoms with Crippen LogP contribution >= 0.6 is 22.1 Å². The van der Waals surface area contributed by atoms with Gasteiger partial charge in [-0.2, -0.15) is 0 Å². The minimum atomic E-state index is -2.06. The first-order valence-corrected chi connectivity index (χ1v) is 15.7. The van der Waals surface area contributed by atoms with Gasteiger partial charge in [-0.25, -0.2) is 9.19 Å². The van der Waals surface area contributed by atoms with Gasteiger partial charge in [0, 0.05) is 29.5 Å². The van der Waals surface area contributed by atoms with Gasteiger partial charge in [0.2, 0.25) is 16.9 Å². The predicted molar refractivity (Wildman–Crippen MR) is 152 cm³/mol. The summed E-state index contributed by atoms with van der Waals surface area (Å²) in [4.78, 5) is 66.6. The Labute approximate surface area is 241 Å². The van der Waals surface area contributed by atoms with Gasteiger partial charge >= 0.3 is 5.97 Å². The third kappa shape index (κ3) is 7.42. The van der Waals surface area contributed by atoms with Crippen molar-refractivity contribution in [2.75, 3.05) is 6.54 Å². The van der Waals surface area contributed by atoms with Crippen molar-refractivity contribution in [3.8, 4) is 0 Å². The molecule has 2 aliphatic heterocycles. The number of esters is 1. The van der Waals surface area contributed by atoms with Gasteiger partial charge in [-0.1, -0.05) is 17.7 Å². The van der Waals surface area contributed by atoms with Gasteiger partial charge in [-0.15, -0.1) is 11.3 Å². The van der Waals surface area contributed by atoms with E-state index in [1.807, 2.05) is 0 Å². The molecule has 1 aromatic heterocycles. The Morgan fingerprint density at radius 3 is 2.62 bits per heavy atom. The number of aromatic nitrogens is 1. The molecule has 1 aromatic rings. The summed E-state index contributed by atoms with van der Waals surface area (Å²) in [5.74, 6) is -2.33. The molecule has 1 unspecified atom stereocenters. The normalized spacial score (nSPS) is 32.8. The third-order valence-corrected chi connectivity index (χ3v) is 11.5. The number of ketones is 1. The van der Waals surface area contributed by atoms with Crippen molar-refractivity contribution in [1.29, 1.82) is 0 Å². The lowest BCUT2D eigenvalue weighted by molar-refractivity contribution is -0.150. The van der Waals surface area contributed by atoms with E-state index < -0.39 is 74.0 Å². The van der Waals surface area contributed by atoms with Crippen LogP contribution in [-0.4, -0.2) is 66.0 Å². The molecule has 2 bridgehead atoms. The maximum atomic E-state index is 13.2. The predicted octanol–water partition coefficient (Wildman–Crippen LogP) is 2.06. The van der Waals surface area contributed by atoms with Crippen molar-refractivity contribution in [2.24, 2.45) is 0 Å². The van der Waals surface area contributed by atoms with Gasteiger partial charge in [0.1, 0.15) is 21.9 Å². The van der Waals surface area contributed by atoms with Crippen LogP contribution in [0.4, 0.5) is 0 Å². The molecule has 3 heterocycles. The molecule has 0 aromatic carbocycles. The number of ether oxygens (including phenoxy) is 1. The highest BCUT2D eigenvalue weighted by molar-refractivity contribution is 8.76. The Balaban J connectivity index is 2.00. The van der Waals surface area contributed by atoms with Crippen LogP contribution in [0.15, 0.2) is 35.3 Å². The highest BCUT2D eigenvalue weighted by Gasteiger charge is 2.63. The fourth-order valence-electron chi connectivity index (χ4n) is 4.11. The smallest absolute Gasteiger partial charge is 0.326 e. The van der Waals surface area contributed by atoms with E-state index in [0.29, 0.717) is 27.1 Å². The van der Waals surface area contributed by atoms with Gasteiger partial charge in [-0.05, 0) is 51.8 Å². The van der Waals surface area contributed by atoms with Gasteiger partial charge in [0.15, 0.2) is 11.9 Å². The summed E-state index contributed by atoms with van der Waals surface area (Å²) < 4.78 is 16.9. The van der Waals surface area contributed by atoms with E-state index in [1.54, 1.807) is 31.4 Å². The zero-order valence-electron chi connectivity index (χ0n) is 22.4. The molecule has 2 aliphatic rings. The van der Waals surface area contributed by atoms with Crippen LogP contribution in [0.5, 0.6) is 0 Å². The van der Waals surface area contributed by atoms with Crippen molar-refractivity contribution < 1.29 is 38.0 Å². The van der Waals surface area contributed by atoms with Crippen molar-refractivity contribution in [2.45, 2.75) is 69.5 Å². The molecular weight excluding hydrogens is 579 g/mol. The Bertz CT molecular complexity index is 1320. The van der Waals surface area contributed by atoms with Crippen molar-refractivity contribution in [3.63, 3.8) is 0 Å². The van der Waals surface area contributed by atoms with E-state index in [-0.39, 0.29) is 12.8 Å². The zero-order chi connectivity index (χ0) is 29.7. The molecule has 216 valence electrons. The number of hydrogen-bond donors (Lipinski definition) is 3. The maximum absolute atomic E-state index is 13.2. The summed E-state index contributed by atoms with van der Waals surface area (Å²) in [5.41, 5.74) is -0.937. The second kappa shape index (κ2) is 13.1. The summed E-state index contributed by atoms with van der Waals surface area (Å²) in [6, 6.07) is -0.481. The number of aliphatic hydroxyl groups is 1. The number of allylic oxidation sites excluding steroid dienone is 3. The van der Waals surface area contributed by atoms with E-state index in [4.69, 9.17) is 4.74 Å². The maximum Gasteiger partial charge on any atom is 0.326 e. The van der Waals surface area contributed by atoms with Crippen LogP contribution in [0.2, 0.25) is 0 Å². The standard InChI is InChI=1S/C26H31N3O8S3/c1-15-9-10-26(25(4,35)24(34)39-40(26)36)12-21(32)28-16(2)23-29-18(14-38-23)7-5-6-8-19(31)20(11-15)37-22(33)13-27-17(3)30/h5-8,11,14,16,20,35H,9-10,12-13H2,1-4H3,(H,27,30)(H,28,32)/b7-5-,8-6+,15-11+/t16-,20+,25-,26+,40?/m0/s1. The lowest BCUT2D eigenvalue weighted by Gasteiger charge is -2.36. The Morgan fingerprint density at radius 1 is 1.27 bits per heavy atom. The highest BCUT2D eigenvalue weighted by atomic mass is 33.1. The molecule has 3 N–H and O–H groups in total. The van der Waals surface area contributed by atoms with Crippen LogP contribution in [0.25, 0.3) is 6.08 Å². The molecule has 0 radical (unpaired) electrons. The molecule has 11 nitrogen and oxygen atoms in total. The minimum absolute atomic E-state index is 0.0315. The summed E-state index contributed by atoms with van der Waals surface area (Å²) in [7, 11) is -1.44. The first-order valence-electron chi connectivity index (χ1n) is 12.4. The van der Waals surface area contributed by atoms with E-state index in [2.05, 4.69) is 15.6 Å². The van der Waals surface area contributed by atoms with Gasteiger partial charge < -0.3 is 20.5 Å². The Hall–Kier alpha value is -2.94. The number of fused-ring (bicyclic) bond motifs is 2. The summed E-state index contributed by atoms with van der Waals surface area (Å²) in [5, 5.41) is 18.0. The molecule has 1 spiro atoms. The summed E-state index contributed by atoms with van der Waals surface area (Å²) >= 11 is 1.31. The lowest BCUT2D eigenvalue weighted by atomic mass is 9.81. The van der Waals surface area contributed by atoms with Crippen molar-refractivity contribution in [3.05, 3.63) is 46.0 Å². The quantitative estimate of drug-likeness (QED) is 0.262. The van der Waals surface area contributed by atoms with E-state index in [1.165, 1.54) is 43.4 Å². The van der Waals surface area contributed by atoms with Crippen LogP contribution in [-0.2, 0) is 38.5 Å². The number of thiazole rings is 1. The topological polar surface area (TPSA) is 169 Å². The summed E-state index contributed by atoms with van der Waals surface area (Å²) in [6.45, 7) is 5.47. The largest absolute Gasteiger partial charge is 0.448 e. The average Bonchev–Trinajstić information content (AvgIpc) is 3.40. The zero-order valence-corrected chi connectivity index (χ0v) is 24.9. The van der Waals surface area contributed by atoms with Crippen LogP contribution in [0.3, 0.4) is 0 Å². The Kier molecular flexibility index (Phi) is 10.4. The molecule has 3 rings (SSSR count). The molecule has 0 saturated carbocycles. The average molecular weight is 610 g/mol. The second-order valence-electron chi connectivity index (χ2n) is 9.70. The van der Waals surface area contributed by atoms with Crippen molar-refractivity contribution >= 4 is 66.7 Å². The molecule has 1 saturated heterocycles. The fraction of sp³-hybridized carbons (Fsp3) is 0.462. The van der Waals surface area contributed by atoms with Gasteiger partial charge in [0.25, 0.3) is 0 Å². The number of amides is 2. The first-order chi connectivity index (χ1) is 18.7. The van der Waals surface area contributed by atoms with Crippen molar-refractivity contribution in [1.82, 2.24) is 15.6 Å². The molecule has 14 heteroatoms. The van der Waals surface area contributed by atoms with E-state index in [9.17, 15) is 33.3 Å². The summed E-state index contributed by atoms with van der Waals surface area (Å²) in [6.07, 6.45) is 5.77. The molecule has 0 aliphatic carbocycles. The molecule has 2 amide bonds. The first kappa shape index (κ1) is 31.6. The number of hydrogen-bond acceptors (Lipinski definition) is 11. The second-order valence-corrected chi connectivity index (χ2v) is 13.8. The van der Waals surface area contributed by atoms with Gasteiger partial charge in [0.05, 0.1) is 21.6 Å². The number of nitrogens with one attached hydrogen (secondary N) is 2. The number of carbonyl (C=O) groups excluding carboxylic acids is 5. The third-order valence-electron chi connectivity index (χ3n) is 6.51. The monoisotopic (exact) mass is 609 g/mol. The van der Waals surface area contributed by atoms with E-state index in [0.717, 1.165) is 0 Å². The number of rotatable bonds is 3. The number of carbonyl (C=O) groups is 5. The number of nitrogens with zero attached hydrogens (tertiary/aromatic N) is 1. The SMILES string of the molecule is CC(=O)NCC(=O)O[C@@H]1/C=C(\C)CC[C@]2(CC(=O)N[C@@H](C)c3nc(cs3)/C=C\C=C\C1=O)S(=O)SC(=O)[C@]2(C)O. The molecule has 1 fully saturated rings. The fourth-order valence-corrected chi connectivity index (χ4v) is 8.85.